The number of halogens is 1. The van der Waals surface area contributed by atoms with Crippen molar-refractivity contribution in [3.8, 4) is 16.2 Å². The molecule has 1 aromatic heterocycles. The lowest BCUT2D eigenvalue weighted by Gasteiger charge is -2.33. The predicted octanol–water partition coefficient (Wildman–Crippen LogP) is 4.58. The summed E-state index contributed by atoms with van der Waals surface area (Å²) in [7, 11) is 0. The van der Waals surface area contributed by atoms with Crippen LogP contribution in [0.1, 0.15) is 65.4 Å². The summed E-state index contributed by atoms with van der Waals surface area (Å²) >= 11 is 1.20. The number of piperidine rings is 1. The third kappa shape index (κ3) is 3.64. The summed E-state index contributed by atoms with van der Waals surface area (Å²) in [6.45, 7) is 4.01. The number of anilines is 1. The highest BCUT2D eigenvalue weighted by atomic mass is 32.1. The number of hydrogen-bond donors (Lipinski definition) is 2. The largest absolute Gasteiger partial charge is 0.486 e. The minimum atomic E-state index is -0.562. The normalized spacial score (nSPS) is 25.2. The monoisotopic (exact) mass is 506 g/mol. The number of primary amides is 1. The fourth-order valence-corrected chi connectivity index (χ4v) is 6.86. The summed E-state index contributed by atoms with van der Waals surface area (Å²) < 4.78 is 20.2. The molecule has 3 aromatic rings. The van der Waals surface area contributed by atoms with E-state index in [1.807, 2.05) is 30.9 Å². The molecular weight excluding hydrogens is 479 g/mol. The molecule has 1 aliphatic carbocycles. The maximum Gasteiger partial charge on any atom is 0.274 e. The fourth-order valence-electron chi connectivity index (χ4n) is 6.04. The number of amides is 2. The van der Waals surface area contributed by atoms with Gasteiger partial charge < -0.3 is 21.1 Å². The van der Waals surface area contributed by atoms with Crippen LogP contribution in [0.5, 0.6) is 5.75 Å². The number of nitrogens with zero attached hydrogens (tertiary/aromatic N) is 2. The van der Waals surface area contributed by atoms with Crippen LogP contribution in [-0.4, -0.2) is 39.4 Å². The smallest absolute Gasteiger partial charge is 0.274 e. The average Bonchev–Trinajstić information content (AvgIpc) is 3.18. The number of nitrogen functional groups attached to an aromatic ring is 1. The first kappa shape index (κ1) is 23.0. The highest BCUT2D eigenvalue weighted by Gasteiger charge is 2.56. The van der Waals surface area contributed by atoms with Crippen LogP contribution in [0.25, 0.3) is 10.4 Å². The van der Waals surface area contributed by atoms with Crippen LogP contribution in [0.4, 0.5) is 9.52 Å². The van der Waals surface area contributed by atoms with E-state index in [2.05, 4.69) is 4.98 Å². The number of para-hydroxylation sites is 1. The summed E-state index contributed by atoms with van der Waals surface area (Å²) in [4.78, 5) is 32.9. The van der Waals surface area contributed by atoms with Gasteiger partial charge >= 0.3 is 0 Å². The Morgan fingerprint density at radius 2 is 2.00 bits per heavy atom. The Morgan fingerprint density at radius 3 is 2.75 bits per heavy atom. The second kappa shape index (κ2) is 8.03. The van der Waals surface area contributed by atoms with E-state index in [0.29, 0.717) is 34.1 Å². The van der Waals surface area contributed by atoms with Crippen LogP contribution in [0, 0.1) is 11.7 Å². The van der Waals surface area contributed by atoms with Gasteiger partial charge in [0.2, 0.25) is 0 Å². The van der Waals surface area contributed by atoms with Crippen molar-refractivity contribution in [2.75, 3.05) is 5.73 Å². The number of aromatic nitrogens is 1. The van der Waals surface area contributed by atoms with E-state index < -0.39 is 11.5 Å². The van der Waals surface area contributed by atoms with E-state index in [4.69, 9.17) is 16.2 Å². The summed E-state index contributed by atoms with van der Waals surface area (Å²) in [6, 6.07) is 11.8. The number of nitrogens with two attached hydrogens (primary N) is 2. The number of carbonyl (C=O) groups is 2. The molecule has 2 aromatic carbocycles. The third-order valence-electron chi connectivity index (χ3n) is 7.78. The Labute approximate surface area is 212 Å². The number of likely N-dealkylation sites (tertiary alicyclic amines) is 1. The molecule has 2 aliphatic heterocycles. The number of benzene rings is 2. The summed E-state index contributed by atoms with van der Waals surface area (Å²) in [6.07, 6.45) is 2.57. The predicted molar refractivity (Wildman–Crippen MR) is 135 cm³/mol. The molecule has 7 nitrogen and oxygen atoms in total. The zero-order chi connectivity index (χ0) is 25.4. The summed E-state index contributed by atoms with van der Waals surface area (Å²) in [5, 5.41) is 0.277. The fraction of sp³-hybridized carbons (Fsp3) is 0.370. The highest BCUT2D eigenvalue weighted by molar-refractivity contribution is 7.19. The van der Waals surface area contributed by atoms with Gasteiger partial charge in [-0.05, 0) is 62.8 Å². The van der Waals surface area contributed by atoms with E-state index in [1.54, 1.807) is 18.2 Å². The van der Waals surface area contributed by atoms with Gasteiger partial charge in [0.1, 0.15) is 22.9 Å². The van der Waals surface area contributed by atoms with Gasteiger partial charge in [0, 0.05) is 23.6 Å². The number of thiazole rings is 1. The van der Waals surface area contributed by atoms with Gasteiger partial charge in [-0.25, -0.2) is 9.37 Å². The Hall–Kier alpha value is -3.46. The summed E-state index contributed by atoms with van der Waals surface area (Å²) in [5.41, 5.74) is 13.2. The van der Waals surface area contributed by atoms with Gasteiger partial charge in [0.25, 0.3) is 11.8 Å². The lowest BCUT2D eigenvalue weighted by atomic mass is 9.81. The molecule has 2 fully saturated rings. The van der Waals surface area contributed by atoms with Crippen LogP contribution in [0.3, 0.4) is 0 Å². The molecule has 4 N–H and O–H groups in total. The van der Waals surface area contributed by atoms with Crippen molar-refractivity contribution < 1.29 is 18.7 Å². The first-order chi connectivity index (χ1) is 17.1. The zero-order valence-corrected chi connectivity index (χ0v) is 20.8. The first-order valence-corrected chi connectivity index (χ1v) is 12.9. The van der Waals surface area contributed by atoms with E-state index in [1.165, 1.54) is 23.5 Å². The van der Waals surface area contributed by atoms with Gasteiger partial charge in [0.05, 0.1) is 10.4 Å². The third-order valence-corrected chi connectivity index (χ3v) is 8.71. The van der Waals surface area contributed by atoms with Crippen molar-refractivity contribution in [2.45, 2.75) is 56.7 Å². The van der Waals surface area contributed by atoms with Gasteiger partial charge in [-0.15, -0.1) is 0 Å². The van der Waals surface area contributed by atoms with E-state index >= 15 is 0 Å². The molecular formula is C27H27FN4O3S. The number of rotatable bonds is 5. The highest BCUT2D eigenvalue weighted by Crippen LogP contribution is 2.54. The molecule has 2 amide bonds. The minimum absolute atomic E-state index is 0.0133. The van der Waals surface area contributed by atoms with Crippen LogP contribution in [0.15, 0.2) is 42.5 Å². The second-order valence-electron chi connectivity index (χ2n) is 10.5. The van der Waals surface area contributed by atoms with Crippen LogP contribution >= 0.6 is 11.3 Å². The molecule has 9 heteroatoms. The van der Waals surface area contributed by atoms with Crippen molar-refractivity contribution in [3.63, 3.8) is 0 Å². The standard InChI is InChI=1S/C27H27FN4O3S/c1-27(2)19(17-7-4-8-18(24(29)33)22(17)35-27)12-16-10-14-11-20(14)32(16)25(34)21-23(36-26(30)31-21)13-5-3-6-15(28)9-13/h3-9,14,16,19-20H,10-12H2,1-2H3,(H2,29,33)(H2,30,31)/t14-,16+,19?,20+/m1/s1. The van der Waals surface area contributed by atoms with Crippen molar-refractivity contribution in [1.29, 1.82) is 0 Å². The van der Waals surface area contributed by atoms with Gasteiger partial charge in [-0.2, -0.15) is 0 Å². The lowest BCUT2D eigenvalue weighted by molar-refractivity contribution is 0.0609. The average molecular weight is 507 g/mol. The molecule has 3 aliphatic rings. The molecule has 4 atom stereocenters. The maximum absolute atomic E-state index is 13.9. The molecule has 1 saturated heterocycles. The lowest BCUT2D eigenvalue weighted by Crippen LogP contribution is -2.42. The molecule has 0 spiro atoms. The van der Waals surface area contributed by atoms with Gasteiger partial charge in [-0.1, -0.05) is 35.6 Å². The quantitative estimate of drug-likeness (QED) is 0.526. The van der Waals surface area contributed by atoms with E-state index in [0.717, 1.165) is 18.4 Å². The zero-order valence-electron chi connectivity index (χ0n) is 20.0. The molecule has 0 bridgehead atoms. The number of ether oxygens (including phenoxy) is 1. The van der Waals surface area contributed by atoms with E-state index in [-0.39, 0.29) is 40.6 Å². The Bertz CT molecular complexity index is 1400. The molecule has 1 saturated carbocycles. The van der Waals surface area contributed by atoms with Crippen molar-refractivity contribution in [3.05, 3.63) is 65.1 Å². The number of carbonyl (C=O) groups excluding carboxylic acids is 2. The molecule has 186 valence electrons. The Balaban J connectivity index is 1.33. The van der Waals surface area contributed by atoms with Gasteiger partial charge in [-0.3, -0.25) is 9.59 Å². The van der Waals surface area contributed by atoms with Crippen LogP contribution in [-0.2, 0) is 0 Å². The molecule has 36 heavy (non-hydrogen) atoms. The van der Waals surface area contributed by atoms with Crippen LogP contribution in [0.2, 0.25) is 0 Å². The molecule has 3 heterocycles. The Morgan fingerprint density at radius 1 is 1.22 bits per heavy atom. The first-order valence-electron chi connectivity index (χ1n) is 12.1. The molecule has 1 unspecified atom stereocenters. The Kier molecular flexibility index (Phi) is 5.12. The maximum atomic E-state index is 13.9. The van der Waals surface area contributed by atoms with Crippen molar-refractivity contribution in [1.82, 2.24) is 9.88 Å². The van der Waals surface area contributed by atoms with Crippen molar-refractivity contribution in [2.24, 2.45) is 11.7 Å². The molecule has 6 rings (SSSR count). The molecule has 0 radical (unpaired) electrons. The number of fused-ring (bicyclic) bond motifs is 2. The second-order valence-corrected chi connectivity index (χ2v) is 11.5. The van der Waals surface area contributed by atoms with Crippen molar-refractivity contribution >= 4 is 28.3 Å². The topological polar surface area (TPSA) is 112 Å². The summed E-state index contributed by atoms with van der Waals surface area (Å²) in [5.74, 6) is -0.0752. The number of hydrogen-bond acceptors (Lipinski definition) is 6. The van der Waals surface area contributed by atoms with Crippen LogP contribution < -0.4 is 16.2 Å². The SMILES string of the molecule is CC1(C)Oc2c(C(N)=O)cccc2C1C[C@@H]1C[C@@H]2C[C@@H]2N1C(=O)c1nc(N)sc1-c1cccc(F)c1. The van der Waals surface area contributed by atoms with Gasteiger partial charge in [0.15, 0.2) is 5.13 Å². The van der Waals surface area contributed by atoms with E-state index in [9.17, 15) is 14.0 Å². The minimum Gasteiger partial charge on any atom is -0.486 e.